The number of esters is 1. The number of aliphatic hydroxyl groups excluding tert-OH is 2. The second-order valence-electron chi connectivity index (χ2n) is 22.2. The largest absolute Gasteiger partial charge is 0.460 e. The van der Waals surface area contributed by atoms with Crippen LogP contribution in [-0.2, 0) is 61.9 Å². The highest BCUT2D eigenvalue weighted by Crippen LogP contribution is 2.38. The van der Waals surface area contributed by atoms with Crippen molar-refractivity contribution in [2.75, 3.05) is 60.4 Å². The summed E-state index contributed by atoms with van der Waals surface area (Å²) < 4.78 is 48.2. The zero-order chi connectivity index (χ0) is 54.8. The lowest BCUT2D eigenvalue weighted by Gasteiger charge is -2.43. The average Bonchev–Trinajstić information content (AvgIpc) is 3.40. The van der Waals surface area contributed by atoms with Gasteiger partial charge in [0.25, 0.3) is 11.7 Å². The van der Waals surface area contributed by atoms with Crippen molar-refractivity contribution in [3.63, 3.8) is 0 Å². The highest BCUT2D eigenvalue weighted by atomic mass is 16.6. The molecule has 1 aliphatic carbocycles. The summed E-state index contributed by atoms with van der Waals surface area (Å²) in [6.45, 7) is 14.8. The van der Waals surface area contributed by atoms with E-state index in [2.05, 4.69) is 0 Å². The summed E-state index contributed by atoms with van der Waals surface area (Å²) in [5.41, 5.74) is 1.23. The fraction of sp³-hybridized carbons (Fsp3) is 0.776. The number of piperidine rings is 1. The molecule has 1 amide bonds. The number of hydrogen-bond donors (Lipinski definition) is 3. The monoisotopic (exact) mass is 1060 g/mol. The number of methoxy groups -OCH3 is 2. The molecular formula is C58H91NO16. The molecule has 75 heavy (non-hydrogen) atoms. The van der Waals surface area contributed by atoms with Gasteiger partial charge >= 0.3 is 5.97 Å². The van der Waals surface area contributed by atoms with Crippen molar-refractivity contribution in [1.29, 1.82) is 0 Å². The Morgan fingerprint density at radius 2 is 1.64 bits per heavy atom. The molecular weight excluding hydrogens is 967 g/mol. The molecule has 16 atom stereocenters. The van der Waals surface area contributed by atoms with Crippen LogP contribution in [0.5, 0.6) is 0 Å². The summed E-state index contributed by atoms with van der Waals surface area (Å²) in [7, 11) is 3.03. The van der Waals surface area contributed by atoms with Gasteiger partial charge in [0.05, 0.1) is 50.8 Å². The maximum atomic E-state index is 14.6. The molecule has 17 nitrogen and oxygen atoms in total. The molecule has 0 spiro atoms. The molecule has 5 aliphatic rings. The van der Waals surface area contributed by atoms with E-state index in [0.717, 1.165) is 18.4 Å². The Kier molecular flexibility index (Phi) is 25.4. The van der Waals surface area contributed by atoms with E-state index in [0.29, 0.717) is 83.4 Å². The second kappa shape index (κ2) is 30.6. The van der Waals surface area contributed by atoms with E-state index in [1.165, 1.54) is 12.0 Å². The molecule has 3 saturated heterocycles. The molecule has 4 heterocycles. The highest BCUT2D eigenvalue weighted by Gasteiger charge is 2.53. The van der Waals surface area contributed by atoms with Crippen molar-refractivity contribution < 1.29 is 77.2 Å². The number of carbonyl (C=O) groups is 5. The van der Waals surface area contributed by atoms with Crippen molar-refractivity contribution in [2.45, 2.75) is 193 Å². The minimum Gasteiger partial charge on any atom is -0.460 e. The third-order valence-corrected chi connectivity index (χ3v) is 16.2. The van der Waals surface area contributed by atoms with Crippen LogP contribution in [0.4, 0.5) is 0 Å². The van der Waals surface area contributed by atoms with Crippen molar-refractivity contribution in [1.82, 2.24) is 4.90 Å². The Hall–Kier alpha value is -3.49. The van der Waals surface area contributed by atoms with Crippen molar-refractivity contribution in [3.8, 4) is 0 Å². The number of amides is 1. The first-order chi connectivity index (χ1) is 35.8. The van der Waals surface area contributed by atoms with E-state index in [1.807, 2.05) is 58.1 Å². The summed E-state index contributed by atoms with van der Waals surface area (Å²) in [5, 5.41) is 33.1. The topological polar surface area (TPSA) is 223 Å². The molecule has 4 aliphatic heterocycles. The molecule has 2 unspecified atom stereocenters. The molecule has 0 radical (unpaired) electrons. The van der Waals surface area contributed by atoms with Gasteiger partial charge in [-0.3, -0.25) is 19.2 Å². The predicted molar refractivity (Wildman–Crippen MR) is 280 cm³/mol. The number of nitrogens with zero attached hydrogens (tertiary/aromatic N) is 1. The van der Waals surface area contributed by atoms with E-state index >= 15 is 0 Å². The standard InChI is InChI=1S/C58H91NO16/c1-36-16-11-10-12-17-37(2)49(73-35-45-34-70-26-27-71-45)32-44-21-19-42(7)58(67,75-44)55(64)56(65)59-23-14-13-18-46(59)57(66)74-50(39(4)30-43-20-22-48(51(31-43)68-8)72-25-15-24-60)33-47(61)38(3)29-41(6)53(63)54(69-9)52(62)40(5)28-36/h10-12,16-17,29,36,38-40,42-46,48-51,53-54,60,63,67H,13-15,18-28,30-35H2,1-9H3/b12-10+,16-11+,37-17+,41-29+/t36-,38-,39-,40-,42-,43+,44+,45?,46+,48-,49?,50+,51-,53-,54+,58-/m1/s1. The molecule has 17 heteroatoms. The lowest BCUT2D eigenvalue weighted by Crippen LogP contribution is -2.61. The summed E-state index contributed by atoms with van der Waals surface area (Å²) in [6.07, 6.45) is 12.0. The first-order valence-electron chi connectivity index (χ1n) is 27.8. The smallest absolute Gasteiger partial charge is 0.329 e. The number of ketones is 3. The third-order valence-electron chi connectivity index (χ3n) is 16.2. The van der Waals surface area contributed by atoms with E-state index in [-0.39, 0.29) is 86.7 Å². The summed E-state index contributed by atoms with van der Waals surface area (Å²) in [6, 6.07) is -1.17. The minimum absolute atomic E-state index is 0.00959. The van der Waals surface area contributed by atoms with Crippen LogP contribution in [0.15, 0.2) is 47.6 Å². The van der Waals surface area contributed by atoms with Crippen LogP contribution >= 0.6 is 0 Å². The fourth-order valence-corrected chi connectivity index (χ4v) is 11.4. The van der Waals surface area contributed by atoms with Gasteiger partial charge in [0.2, 0.25) is 5.79 Å². The van der Waals surface area contributed by atoms with Crippen LogP contribution in [0.1, 0.15) is 132 Å². The molecule has 424 valence electrons. The van der Waals surface area contributed by atoms with E-state index in [4.69, 9.17) is 37.9 Å². The predicted octanol–water partition coefficient (Wildman–Crippen LogP) is 6.37. The van der Waals surface area contributed by atoms with Gasteiger partial charge in [0, 0.05) is 64.6 Å². The van der Waals surface area contributed by atoms with Gasteiger partial charge < -0.3 is 58.1 Å². The Morgan fingerprint density at radius 3 is 2.35 bits per heavy atom. The molecule has 0 aromatic heterocycles. The first kappa shape index (κ1) is 62.4. The molecule has 0 aromatic rings. The lowest BCUT2D eigenvalue weighted by atomic mass is 9.78. The van der Waals surface area contributed by atoms with Crippen LogP contribution in [-0.4, -0.2) is 171 Å². The highest BCUT2D eigenvalue weighted by molar-refractivity contribution is 6.39. The lowest BCUT2D eigenvalue weighted by molar-refractivity contribution is -0.266. The van der Waals surface area contributed by atoms with Crippen molar-refractivity contribution >= 4 is 29.2 Å². The van der Waals surface area contributed by atoms with Gasteiger partial charge in [-0.15, -0.1) is 0 Å². The maximum Gasteiger partial charge on any atom is 0.329 e. The third kappa shape index (κ3) is 17.8. The Labute approximate surface area is 446 Å². The van der Waals surface area contributed by atoms with E-state index in [9.17, 15) is 39.3 Å². The number of carbonyl (C=O) groups excluding carboxylic acids is 5. The van der Waals surface area contributed by atoms with Gasteiger partial charge in [0.1, 0.15) is 36.2 Å². The van der Waals surface area contributed by atoms with Crippen molar-refractivity contribution in [2.24, 2.45) is 35.5 Å². The molecule has 1 saturated carbocycles. The molecule has 5 rings (SSSR count). The number of ether oxygens (including phenoxy) is 8. The van der Waals surface area contributed by atoms with Crippen LogP contribution in [0.3, 0.4) is 0 Å². The minimum atomic E-state index is -2.48. The van der Waals surface area contributed by atoms with Crippen molar-refractivity contribution in [3.05, 3.63) is 47.6 Å². The van der Waals surface area contributed by atoms with Gasteiger partial charge in [-0.25, -0.2) is 4.79 Å². The number of Topliss-reactive ketones (excluding diaryl/α,β-unsaturated/α-hetero) is 3. The Bertz CT molecular complexity index is 1980. The van der Waals surface area contributed by atoms with Crippen LogP contribution in [0.2, 0.25) is 0 Å². The molecule has 0 aromatic carbocycles. The number of fused-ring (bicyclic) bond motifs is 3. The van der Waals surface area contributed by atoms with E-state index < -0.39 is 77.8 Å². The van der Waals surface area contributed by atoms with Crippen LogP contribution in [0.25, 0.3) is 0 Å². The molecule has 2 bridgehead atoms. The Balaban J connectivity index is 1.47. The number of allylic oxidation sites excluding steroid dienone is 6. The van der Waals surface area contributed by atoms with Gasteiger partial charge in [-0.05, 0) is 113 Å². The number of aliphatic hydroxyl groups is 3. The van der Waals surface area contributed by atoms with E-state index in [1.54, 1.807) is 34.0 Å². The zero-order valence-electron chi connectivity index (χ0n) is 46.4. The SMILES string of the molecule is CO[C@@H]1C[C@H](C[C@@H](C)[C@@H]2CC(=O)[C@H](C)/C=C(\C)[C@@H](O)[C@@H](OC)C(=O)[C@H](C)C[C@H](C)/C=C/C=C/C=C(\C)C(OCC3COCCO3)C[C@@H]3CC[C@@H](C)[C@@](O)(O3)C(=O)C(=O)N3CCCC[C@H]3C(=O)O2)CC[C@H]1OCCCO. The second-order valence-corrected chi connectivity index (χ2v) is 22.2. The van der Waals surface area contributed by atoms with Gasteiger partial charge in [-0.1, -0.05) is 71.1 Å². The average molecular weight is 1060 g/mol. The summed E-state index contributed by atoms with van der Waals surface area (Å²) >= 11 is 0. The van der Waals surface area contributed by atoms with Crippen LogP contribution < -0.4 is 0 Å². The number of rotatable bonds is 12. The first-order valence-corrected chi connectivity index (χ1v) is 27.8. The van der Waals surface area contributed by atoms with Gasteiger partial charge in [0.15, 0.2) is 5.78 Å². The summed E-state index contributed by atoms with van der Waals surface area (Å²) in [5.74, 6) is -8.14. The van der Waals surface area contributed by atoms with Crippen LogP contribution in [0, 0.1) is 35.5 Å². The fourth-order valence-electron chi connectivity index (χ4n) is 11.4. The molecule has 3 N–H and O–H groups in total. The summed E-state index contributed by atoms with van der Waals surface area (Å²) in [4.78, 5) is 73.0. The molecule has 4 fully saturated rings. The number of hydrogen-bond acceptors (Lipinski definition) is 16. The Morgan fingerprint density at radius 1 is 0.867 bits per heavy atom. The van der Waals surface area contributed by atoms with Gasteiger partial charge in [-0.2, -0.15) is 0 Å². The zero-order valence-corrected chi connectivity index (χ0v) is 46.4. The maximum absolute atomic E-state index is 14.6. The number of cyclic esters (lactones) is 1. The normalized spacial score (nSPS) is 38.8. The quantitative estimate of drug-likeness (QED) is 0.0836.